The summed E-state index contributed by atoms with van der Waals surface area (Å²) in [6.45, 7) is 0.580. The zero-order valence-corrected chi connectivity index (χ0v) is 16.1. The van der Waals surface area contributed by atoms with Crippen LogP contribution < -0.4 is 5.32 Å². The lowest BCUT2D eigenvalue weighted by molar-refractivity contribution is -0.141. The predicted octanol–water partition coefficient (Wildman–Crippen LogP) is 3.03. The van der Waals surface area contributed by atoms with Crippen LogP contribution in [0.15, 0.2) is 41.1 Å². The molecule has 2 N–H and O–H groups in total. The van der Waals surface area contributed by atoms with Crippen molar-refractivity contribution < 1.29 is 22.8 Å². The number of hydrogen-bond donors (Lipinski definition) is 2. The number of benzene rings is 1. The second-order valence-corrected chi connectivity index (χ2v) is 7.21. The van der Waals surface area contributed by atoms with Gasteiger partial charge >= 0.3 is 6.18 Å². The summed E-state index contributed by atoms with van der Waals surface area (Å²) in [6.07, 6.45) is -1.49. The first-order valence-electron chi connectivity index (χ1n) is 9.68. The number of nitrogens with zero attached hydrogens (tertiary/aromatic N) is 5. The second-order valence-electron chi connectivity index (χ2n) is 7.21. The topological polar surface area (TPSA) is 101 Å². The molecule has 0 spiro atoms. The van der Waals surface area contributed by atoms with Crippen molar-refractivity contribution in [1.29, 1.82) is 0 Å². The highest BCUT2D eigenvalue weighted by Gasteiger charge is 2.33. The zero-order valence-electron chi connectivity index (χ0n) is 16.1. The zero-order chi connectivity index (χ0) is 21.6. The number of hydrogen-bond acceptors (Lipinski definition) is 7. The first-order valence-corrected chi connectivity index (χ1v) is 9.68. The standard InChI is InChI=1S/C20H17F3N6O2/c21-20(22,23)16-6-7-17-25-15(10-29(17)27-16)19-26-18(28-31-19)13-3-1-2-12-11(13)4-5-14(12)24-8-9-30/h1-3,6-7,10,14,24,30H,4-5,8-9H2. The third kappa shape index (κ3) is 3.55. The minimum absolute atomic E-state index is 0.0675. The van der Waals surface area contributed by atoms with Gasteiger partial charge in [-0.1, -0.05) is 23.4 Å². The summed E-state index contributed by atoms with van der Waals surface area (Å²) >= 11 is 0. The van der Waals surface area contributed by atoms with Gasteiger partial charge in [0.1, 0.15) is 5.69 Å². The van der Waals surface area contributed by atoms with E-state index in [0.29, 0.717) is 12.4 Å². The Balaban J connectivity index is 1.47. The molecule has 5 rings (SSSR count). The molecule has 1 aliphatic rings. The second kappa shape index (κ2) is 7.43. The van der Waals surface area contributed by atoms with Gasteiger partial charge < -0.3 is 14.9 Å². The van der Waals surface area contributed by atoms with Gasteiger partial charge in [-0.25, -0.2) is 9.50 Å². The molecule has 1 aliphatic carbocycles. The Morgan fingerprint density at radius 1 is 1.19 bits per heavy atom. The van der Waals surface area contributed by atoms with Crippen molar-refractivity contribution in [3.05, 3.63) is 53.3 Å². The van der Waals surface area contributed by atoms with Gasteiger partial charge in [0, 0.05) is 18.2 Å². The Bertz CT molecular complexity index is 1250. The van der Waals surface area contributed by atoms with Crippen LogP contribution in [0.3, 0.4) is 0 Å². The van der Waals surface area contributed by atoms with Gasteiger partial charge in [-0.2, -0.15) is 23.3 Å². The fraction of sp³-hybridized carbons (Fsp3) is 0.300. The summed E-state index contributed by atoms with van der Waals surface area (Å²) < 4.78 is 45.1. The summed E-state index contributed by atoms with van der Waals surface area (Å²) in [5.74, 6) is 0.482. The number of halogens is 3. The molecule has 1 aromatic carbocycles. The highest BCUT2D eigenvalue weighted by Crippen LogP contribution is 2.37. The highest BCUT2D eigenvalue weighted by molar-refractivity contribution is 5.65. The summed E-state index contributed by atoms with van der Waals surface area (Å²) in [5, 5.41) is 20.0. The van der Waals surface area contributed by atoms with Crippen molar-refractivity contribution in [2.24, 2.45) is 0 Å². The molecule has 0 amide bonds. The molecule has 160 valence electrons. The Labute approximate surface area is 173 Å². The van der Waals surface area contributed by atoms with Crippen LogP contribution in [0.4, 0.5) is 13.2 Å². The molecule has 0 radical (unpaired) electrons. The molecular formula is C20H17F3N6O2. The molecule has 0 saturated heterocycles. The lowest BCUT2D eigenvalue weighted by Gasteiger charge is -2.13. The lowest BCUT2D eigenvalue weighted by Crippen LogP contribution is -2.22. The molecule has 0 fully saturated rings. The average molecular weight is 430 g/mol. The largest absolute Gasteiger partial charge is 0.435 e. The molecule has 4 aromatic rings. The number of fused-ring (bicyclic) bond motifs is 2. The van der Waals surface area contributed by atoms with Crippen LogP contribution in [0.2, 0.25) is 0 Å². The van der Waals surface area contributed by atoms with E-state index in [2.05, 4.69) is 25.5 Å². The molecule has 1 unspecified atom stereocenters. The first-order chi connectivity index (χ1) is 14.9. The molecule has 0 saturated carbocycles. The number of nitrogens with one attached hydrogen (secondary N) is 1. The minimum Gasteiger partial charge on any atom is -0.395 e. The van der Waals surface area contributed by atoms with E-state index in [0.717, 1.165) is 40.1 Å². The maximum absolute atomic E-state index is 12.9. The van der Waals surface area contributed by atoms with Crippen molar-refractivity contribution in [2.45, 2.75) is 25.1 Å². The van der Waals surface area contributed by atoms with E-state index in [1.165, 1.54) is 12.3 Å². The smallest absolute Gasteiger partial charge is 0.395 e. The average Bonchev–Trinajstić information content (AvgIpc) is 3.48. The normalized spacial score (nSPS) is 16.2. The molecule has 0 aliphatic heterocycles. The Morgan fingerprint density at radius 3 is 2.87 bits per heavy atom. The minimum atomic E-state index is -4.55. The monoisotopic (exact) mass is 430 g/mol. The maximum Gasteiger partial charge on any atom is 0.435 e. The number of alkyl halides is 3. The van der Waals surface area contributed by atoms with E-state index in [1.807, 2.05) is 18.2 Å². The van der Waals surface area contributed by atoms with Crippen molar-refractivity contribution in [3.63, 3.8) is 0 Å². The third-order valence-electron chi connectivity index (χ3n) is 5.27. The maximum atomic E-state index is 12.9. The molecule has 1 atom stereocenters. The van der Waals surface area contributed by atoms with Gasteiger partial charge in [0.15, 0.2) is 11.3 Å². The first kappa shape index (κ1) is 19.6. The van der Waals surface area contributed by atoms with E-state index in [9.17, 15) is 13.2 Å². The lowest BCUT2D eigenvalue weighted by atomic mass is 10.0. The van der Waals surface area contributed by atoms with E-state index < -0.39 is 11.9 Å². The van der Waals surface area contributed by atoms with Crippen LogP contribution in [-0.4, -0.2) is 43.0 Å². The highest BCUT2D eigenvalue weighted by atomic mass is 19.4. The van der Waals surface area contributed by atoms with E-state index in [1.54, 1.807) is 0 Å². The van der Waals surface area contributed by atoms with Crippen molar-refractivity contribution >= 4 is 5.65 Å². The van der Waals surface area contributed by atoms with Crippen LogP contribution in [0, 0.1) is 0 Å². The number of aliphatic hydroxyl groups is 1. The van der Waals surface area contributed by atoms with E-state index >= 15 is 0 Å². The Kier molecular flexibility index (Phi) is 4.71. The van der Waals surface area contributed by atoms with Crippen molar-refractivity contribution in [1.82, 2.24) is 30.1 Å². The SMILES string of the molecule is OCCNC1CCc2c(-c3noc(-c4cn5nc(C(F)(F)F)ccc5n4)n3)cccc21. The molecule has 3 heterocycles. The van der Waals surface area contributed by atoms with Crippen LogP contribution in [-0.2, 0) is 12.6 Å². The third-order valence-corrected chi connectivity index (χ3v) is 5.27. The van der Waals surface area contributed by atoms with Gasteiger partial charge in [-0.3, -0.25) is 0 Å². The summed E-state index contributed by atoms with van der Waals surface area (Å²) in [7, 11) is 0. The number of imidazole rings is 1. The summed E-state index contributed by atoms with van der Waals surface area (Å²) in [6, 6.07) is 8.12. The Hall–Kier alpha value is -3.31. The van der Waals surface area contributed by atoms with Gasteiger partial charge in [-0.05, 0) is 36.1 Å². The molecule has 0 bridgehead atoms. The fourth-order valence-electron chi connectivity index (χ4n) is 3.89. The Morgan fingerprint density at radius 2 is 2.06 bits per heavy atom. The number of aromatic nitrogens is 5. The molecule has 8 nitrogen and oxygen atoms in total. The fourth-order valence-corrected chi connectivity index (χ4v) is 3.89. The van der Waals surface area contributed by atoms with Crippen LogP contribution in [0.25, 0.3) is 28.6 Å². The van der Waals surface area contributed by atoms with Crippen molar-refractivity contribution in [2.75, 3.05) is 13.2 Å². The quantitative estimate of drug-likeness (QED) is 0.502. The van der Waals surface area contributed by atoms with Crippen LogP contribution in [0.5, 0.6) is 0 Å². The molecule has 31 heavy (non-hydrogen) atoms. The van der Waals surface area contributed by atoms with Crippen molar-refractivity contribution in [3.8, 4) is 23.0 Å². The number of aliphatic hydroxyl groups excluding tert-OH is 1. The molecule has 11 heteroatoms. The van der Waals surface area contributed by atoms with Gasteiger partial charge in [-0.15, -0.1) is 0 Å². The molecule has 3 aromatic heterocycles. The molecular weight excluding hydrogens is 413 g/mol. The van der Waals surface area contributed by atoms with E-state index in [-0.39, 0.29) is 29.9 Å². The van der Waals surface area contributed by atoms with E-state index in [4.69, 9.17) is 9.63 Å². The summed E-state index contributed by atoms with van der Waals surface area (Å²) in [4.78, 5) is 8.65. The predicted molar refractivity (Wildman–Crippen MR) is 103 cm³/mol. The van der Waals surface area contributed by atoms with Crippen LogP contribution in [0.1, 0.15) is 29.3 Å². The summed E-state index contributed by atoms with van der Waals surface area (Å²) in [5.41, 5.74) is 2.54. The van der Waals surface area contributed by atoms with Gasteiger partial charge in [0.25, 0.3) is 5.89 Å². The van der Waals surface area contributed by atoms with Gasteiger partial charge in [0.05, 0.1) is 12.8 Å². The van der Waals surface area contributed by atoms with Gasteiger partial charge in [0.2, 0.25) is 5.82 Å². The van der Waals surface area contributed by atoms with Crippen LogP contribution >= 0.6 is 0 Å². The number of rotatable bonds is 5.